The minimum Gasteiger partial charge on any atom is -0.307 e. The quantitative estimate of drug-likeness (QED) is 0.112. The van der Waals surface area contributed by atoms with Crippen molar-refractivity contribution in [1.29, 1.82) is 0 Å². The van der Waals surface area contributed by atoms with Gasteiger partial charge in [0.05, 0.1) is 27.3 Å². The number of nitrogens with zero attached hydrogens (tertiary/aromatic N) is 2. The lowest BCUT2D eigenvalue weighted by Gasteiger charge is -2.25. The Morgan fingerprint density at radius 3 is 2.18 bits per heavy atom. The molecule has 0 bridgehead atoms. The number of para-hydroxylation sites is 1. The standard InChI is InChI=1S/C42H47N2/c1-25-31-21-26(23-41(2,3)4)17-18-28(31)34(24-42(5,6)7)39-36(25)40-37-30(19-20-43(40)8)32(27-13-9-10-14-27)22-33-29-15-11-12-16-35(29)44(39)38(33)37/h11-12,15-22,27H,9-10,13-14,23-24H2,1-8H3/q+1. The van der Waals surface area contributed by atoms with Gasteiger partial charge in [0.25, 0.3) is 0 Å². The summed E-state index contributed by atoms with van der Waals surface area (Å²) in [7, 11) is 2.27. The summed E-state index contributed by atoms with van der Waals surface area (Å²) in [6.07, 6.45) is 9.75. The SMILES string of the molecule is Cc1c2cc(CC(C)(C)C)ccc2c(CC(C)(C)C)c2c1c1c3c(cc[n+]1C)c(C1CCCC1)cc1c4ccccc4n2c13. The number of pyridine rings is 2. The number of hydrogen-bond acceptors (Lipinski definition) is 0. The lowest BCUT2D eigenvalue weighted by molar-refractivity contribution is -0.643. The number of benzene rings is 4. The summed E-state index contributed by atoms with van der Waals surface area (Å²) in [5.74, 6) is 0.651. The summed E-state index contributed by atoms with van der Waals surface area (Å²) >= 11 is 0. The second-order valence-electron chi connectivity index (χ2n) is 16.4. The Labute approximate surface area is 262 Å². The molecular formula is C42H47N2+. The molecule has 1 aliphatic rings. The minimum absolute atomic E-state index is 0.142. The molecule has 3 heterocycles. The van der Waals surface area contributed by atoms with Crippen LogP contribution in [-0.2, 0) is 19.9 Å². The third kappa shape index (κ3) is 4.09. The van der Waals surface area contributed by atoms with Gasteiger partial charge in [0, 0.05) is 16.8 Å². The van der Waals surface area contributed by atoms with E-state index in [-0.39, 0.29) is 10.8 Å². The van der Waals surface area contributed by atoms with E-state index in [0.717, 1.165) is 12.8 Å². The monoisotopic (exact) mass is 579 g/mol. The number of hydrogen-bond donors (Lipinski definition) is 0. The van der Waals surface area contributed by atoms with Crippen molar-refractivity contribution in [2.24, 2.45) is 17.9 Å². The Kier molecular flexibility index (Phi) is 5.97. The van der Waals surface area contributed by atoms with Crippen molar-refractivity contribution in [3.63, 3.8) is 0 Å². The van der Waals surface area contributed by atoms with Gasteiger partial charge < -0.3 is 4.40 Å². The minimum atomic E-state index is 0.142. The first-order chi connectivity index (χ1) is 20.9. The van der Waals surface area contributed by atoms with Crippen LogP contribution >= 0.6 is 0 Å². The van der Waals surface area contributed by atoms with Gasteiger partial charge >= 0.3 is 0 Å². The fourth-order valence-corrected chi connectivity index (χ4v) is 8.85. The zero-order chi connectivity index (χ0) is 30.7. The van der Waals surface area contributed by atoms with Gasteiger partial charge in [0.15, 0.2) is 6.20 Å². The highest BCUT2D eigenvalue weighted by Crippen LogP contribution is 2.48. The fraction of sp³-hybridized carbons (Fsp3) is 0.405. The van der Waals surface area contributed by atoms with E-state index in [4.69, 9.17) is 0 Å². The Morgan fingerprint density at radius 2 is 1.45 bits per heavy atom. The molecule has 2 heteroatoms. The van der Waals surface area contributed by atoms with Gasteiger partial charge in [-0.3, -0.25) is 0 Å². The van der Waals surface area contributed by atoms with Gasteiger partial charge in [-0.15, -0.1) is 0 Å². The number of aryl methyl sites for hydroxylation is 2. The van der Waals surface area contributed by atoms with Crippen molar-refractivity contribution in [2.75, 3.05) is 0 Å². The van der Waals surface area contributed by atoms with Crippen LogP contribution in [0, 0.1) is 17.8 Å². The van der Waals surface area contributed by atoms with Crippen molar-refractivity contribution < 1.29 is 4.57 Å². The highest BCUT2D eigenvalue weighted by molar-refractivity contribution is 6.29. The average Bonchev–Trinajstić information content (AvgIpc) is 3.60. The largest absolute Gasteiger partial charge is 0.307 e. The van der Waals surface area contributed by atoms with Crippen molar-refractivity contribution >= 4 is 59.8 Å². The summed E-state index contributed by atoms with van der Waals surface area (Å²) < 4.78 is 5.11. The molecule has 0 unspecified atom stereocenters. The zero-order valence-electron chi connectivity index (χ0n) is 28.0. The smallest absolute Gasteiger partial charge is 0.224 e. The number of fused-ring (bicyclic) bond motifs is 7. The van der Waals surface area contributed by atoms with Crippen LogP contribution in [0.3, 0.4) is 0 Å². The first-order valence-corrected chi connectivity index (χ1v) is 16.9. The second kappa shape index (κ2) is 9.43. The van der Waals surface area contributed by atoms with Crippen molar-refractivity contribution in [2.45, 2.75) is 92.9 Å². The molecule has 0 amide bonds. The second-order valence-corrected chi connectivity index (χ2v) is 16.4. The molecule has 3 aromatic heterocycles. The van der Waals surface area contributed by atoms with Crippen LogP contribution in [0.5, 0.6) is 0 Å². The normalized spacial score (nSPS) is 15.5. The fourth-order valence-electron chi connectivity index (χ4n) is 8.85. The molecule has 0 radical (unpaired) electrons. The van der Waals surface area contributed by atoms with E-state index in [1.165, 1.54) is 102 Å². The van der Waals surface area contributed by atoms with E-state index in [1.54, 1.807) is 5.56 Å². The van der Waals surface area contributed by atoms with Crippen LogP contribution in [0.2, 0.25) is 0 Å². The summed E-state index contributed by atoms with van der Waals surface area (Å²) in [5, 5.41) is 9.99. The lowest BCUT2D eigenvalue weighted by atomic mass is 9.81. The lowest BCUT2D eigenvalue weighted by Crippen LogP contribution is -2.29. The zero-order valence-corrected chi connectivity index (χ0v) is 28.0. The van der Waals surface area contributed by atoms with Crippen LogP contribution in [-0.4, -0.2) is 4.40 Å². The summed E-state index contributed by atoms with van der Waals surface area (Å²) in [6.45, 7) is 16.6. The molecule has 0 saturated heterocycles. The Hall–Kier alpha value is -3.65. The van der Waals surface area contributed by atoms with Crippen LogP contribution < -0.4 is 4.57 Å². The molecule has 44 heavy (non-hydrogen) atoms. The van der Waals surface area contributed by atoms with Crippen LogP contribution in [0.4, 0.5) is 0 Å². The number of rotatable bonds is 3. The molecule has 224 valence electrons. The molecule has 1 saturated carbocycles. The van der Waals surface area contributed by atoms with E-state index < -0.39 is 0 Å². The van der Waals surface area contributed by atoms with Crippen LogP contribution in [0.15, 0.2) is 60.8 Å². The van der Waals surface area contributed by atoms with Crippen LogP contribution in [0.1, 0.15) is 95.4 Å². The van der Waals surface area contributed by atoms with E-state index in [2.05, 4.69) is 125 Å². The number of aromatic nitrogens is 2. The molecule has 2 nitrogen and oxygen atoms in total. The third-order valence-electron chi connectivity index (χ3n) is 10.5. The topological polar surface area (TPSA) is 8.29 Å². The third-order valence-corrected chi connectivity index (χ3v) is 10.5. The predicted octanol–water partition coefficient (Wildman–Crippen LogP) is 11.1. The average molecular weight is 580 g/mol. The van der Waals surface area contributed by atoms with E-state index in [1.807, 2.05) is 0 Å². The predicted molar refractivity (Wildman–Crippen MR) is 190 cm³/mol. The summed E-state index contributed by atoms with van der Waals surface area (Å²) in [5.41, 5.74) is 11.8. The van der Waals surface area contributed by atoms with Gasteiger partial charge in [-0.1, -0.05) is 90.8 Å². The molecule has 0 N–H and O–H groups in total. The van der Waals surface area contributed by atoms with E-state index >= 15 is 0 Å². The summed E-state index contributed by atoms with van der Waals surface area (Å²) in [4.78, 5) is 0. The van der Waals surface area contributed by atoms with Gasteiger partial charge in [0.2, 0.25) is 5.52 Å². The Balaban J connectivity index is 1.67. The van der Waals surface area contributed by atoms with E-state index in [0.29, 0.717) is 5.92 Å². The van der Waals surface area contributed by atoms with Gasteiger partial charge in [-0.25, -0.2) is 4.57 Å². The molecule has 1 fully saturated rings. The summed E-state index contributed by atoms with van der Waals surface area (Å²) in [6, 6.07) is 21.6. The Bertz CT molecular complexity index is 2260. The molecule has 4 aromatic carbocycles. The Morgan fingerprint density at radius 1 is 0.727 bits per heavy atom. The molecule has 8 rings (SSSR count). The van der Waals surface area contributed by atoms with Crippen molar-refractivity contribution in [1.82, 2.24) is 4.40 Å². The van der Waals surface area contributed by atoms with Crippen LogP contribution in [0.25, 0.3) is 59.8 Å². The molecule has 7 aromatic rings. The maximum absolute atomic E-state index is 2.68. The highest BCUT2D eigenvalue weighted by Gasteiger charge is 2.31. The molecule has 0 spiro atoms. The maximum atomic E-state index is 2.68. The molecule has 1 aliphatic carbocycles. The van der Waals surface area contributed by atoms with E-state index in [9.17, 15) is 0 Å². The van der Waals surface area contributed by atoms with Crippen molar-refractivity contribution in [3.05, 3.63) is 83.0 Å². The highest BCUT2D eigenvalue weighted by atomic mass is 15.0. The van der Waals surface area contributed by atoms with Gasteiger partial charge in [-0.2, -0.15) is 0 Å². The van der Waals surface area contributed by atoms with Gasteiger partial charge in [0.1, 0.15) is 7.05 Å². The molecule has 0 aliphatic heterocycles. The van der Waals surface area contributed by atoms with Gasteiger partial charge in [-0.05, 0) is 99.9 Å². The molecular weight excluding hydrogens is 532 g/mol. The first-order valence-electron chi connectivity index (χ1n) is 16.9. The van der Waals surface area contributed by atoms with Crippen molar-refractivity contribution in [3.8, 4) is 0 Å². The maximum Gasteiger partial charge on any atom is 0.224 e. The first kappa shape index (κ1) is 27.9. The molecule has 0 atom stereocenters.